The summed E-state index contributed by atoms with van der Waals surface area (Å²) < 4.78 is 25.6. The van der Waals surface area contributed by atoms with Crippen molar-refractivity contribution in [2.24, 2.45) is 0 Å². The summed E-state index contributed by atoms with van der Waals surface area (Å²) >= 11 is 7.58. The maximum atomic E-state index is 12.9. The molecule has 0 aliphatic carbocycles. The maximum absolute atomic E-state index is 12.9. The predicted molar refractivity (Wildman–Crippen MR) is 131 cm³/mol. The van der Waals surface area contributed by atoms with Gasteiger partial charge in [0.25, 0.3) is 5.91 Å². The van der Waals surface area contributed by atoms with E-state index < -0.39 is 10.0 Å². The smallest absolute Gasteiger partial charge is 0.253 e. The number of hydrogen-bond acceptors (Lipinski definition) is 6. The van der Waals surface area contributed by atoms with Crippen LogP contribution in [0.3, 0.4) is 0 Å². The number of carbonyl (C=O) groups is 1. The van der Waals surface area contributed by atoms with Gasteiger partial charge in [0.05, 0.1) is 10.6 Å². The molecule has 0 radical (unpaired) electrons. The van der Waals surface area contributed by atoms with Crippen molar-refractivity contribution in [3.63, 3.8) is 0 Å². The lowest BCUT2D eigenvalue weighted by molar-refractivity contribution is 0.0627. The van der Waals surface area contributed by atoms with Crippen molar-refractivity contribution in [1.29, 1.82) is 0 Å². The van der Waals surface area contributed by atoms with Crippen LogP contribution in [0.25, 0.3) is 10.6 Å². The molecule has 174 valence electrons. The van der Waals surface area contributed by atoms with Crippen LogP contribution in [-0.2, 0) is 16.6 Å². The molecule has 1 amide bonds. The van der Waals surface area contributed by atoms with Gasteiger partial charge in [0.1, 0.15) is 5.01 Å². The molecule has 33 heavy (non-hydrogen) atoms. The van der Waals surface area contributed by atoms with E-state index in [0.29, 0.717) is 23.7 Å². The molecule has 7 nitrogen and oxygen atoms in total. The average molecular weight is 505 g/mol. The van der Waals surface area contributed by atoms with Gasteiger partial charge >= 0.3 is 0 Å². The van der Waals surface area contributed by atoms with E-state index in [0.717, 1.165) is 40.2 Å². The summed E-state index contributed by atoms with van der Waals surface area (Å²) in [5.41, 5.74) is 2.56. The highest BCUT2D eigenvalue weighted by molar-refractivity contribution is 7.89. The fourth-order valence-electron chi connectivity index (χ4n) is 3.61. The summed E-state index contributed by atoms with van der Waals surface area (Å²) in [6.45, 7) is 3.48. The third-order valence-electron chi connectivity index (χ3n) is 5.57. The van der Waals surface area contributed by atoms with Crippen molar-refractivity contribution in [2.75, 3.05) is 40.3 Å². The lowest BCUT2D eigenvalue weighted by Gasteiger charge is -2.34. The average Bonchev–Trinajstić information content (AvgIpc) is 3.28. The Balaban J connectivity index is 1.32. The largest absolute Gasteiger partial charge is 0.336 e. The van der Waals surface area contributed by atoms with Crippen molar-refractivity contribution in [3.05, 3.63) is 70.2 Å². The Hall–Kier alpha value is -2.30. The van der Waals surface area contributed by atoms with Crippen molar-refractivity contribution in [1.82, 2.24) is 19.1 Å². The first-order valence-corrected chi connectivity index (χ1v) is 13.2. The van der Waals surface area contributed by atoms with E-state index >= 15 is 0 Å². The maximum Gasteiger partial charge on any atom is 0.253 e. The van der Waals surface area contributed by atoms with Crippen LogP contribution in [0.1, 0.15) is 16.1 Å². The van der Waals surface area contributed by atoms with Crippen LogP contribution in [0.2, 0.25) is 5.02 Å². The van der Waals surface area contributed by atoms with E-state index in [2.05, 4.69) is 10.3 Å². The third kappa shape index (κ3) is 5.44. The van der Waals surface area contributed by atoms with Crippen LogP contribution in [-0.4, -0.2) is 73.7 Å². The lowest BCUT2D eigenvalue weighted by Crippen LogP contribution is -2.48. The number of carbonyl (C=O) groups excluding carboxylic acids is 1. The number of benzene rings is 2. The van der Waals surface area contributed by atoms with E-state index in [1.165, 1.54) is 26.2 Å². The fraction of sp³-hybridized carbons (Fsp3) is 0.304. The van der Waals surface area contributed by atoms with Gasteiger partial charge in [0.15, 0.2) is 0 Å². The van der Waals surface area contributed by atoms with Crippen LogP contribution in [0.5, 0.6) is 0 Å². The van der Waals surface area contributed by atoms with Crippen LogP contribution in [0.4, 0.5) is 0 Å². The van der Waals surface area contributed by atoms with Crippen LogP contribution in [0.15, 0.2) is 58.8 Å². The number of piperazine rings is 1. The van der Waals surface area contributed by atoms with Crippen molar-refractivity contribution < 1.29 is 13.2 Å². The normalized spacial score (nSPS) is 15.2. The quantitative estimate of drug-likeness (QED) is 0.512. The Morgan fingerprint density at radius 3 is 2.27 bits per heavy atom. The van der Waals surface area contributed by atoms with Gasteiger partial charge in [0, 0.05) is 68.3 Å². The minimum Gasteiger partial charge on any atom is -0.336 e. The standard InChI is InChI=1S/C23H25ClN4O3S2/c1-26(2)33(30,31)21-9-5-18(6-10-21)23(29)28-13-11-27(12-14-28)15-20-16-32-22(25-20)17-3-7-19(24)8-4-17/h3-10,16H,11-15H2,1-2H3. The first-order chi connectivity index (χ1) is 15.7. The molecule has 0 spiro atoms. The number of aromatic nitrogens is 1. The molecule has 4 rings (SSSR count). The second kappa shape index (κ2) is 9.90. The fourth-order valence-corrected chi connectivity index (χ4v) is 5.45. The van der Waals surface area contributed by atoms with Gasteiger partial charge in [-0.05, 0) is 36.4 Å². The summed E-state index contributed by atoms with van der Waals surface area (Å²) in [4.78, 5) is 21.9. The van der Waals surface area contributed by atoms with Gasteiger partial charge in [-0.2, -0.15) is 0 Å². The third-order valence-corrected chi connectivity index (χ3v) is 8.59. The molecule has 0 unspecified atom stereocenters. The minimum atomic E-state index is -3.51. The molecule has 1 aliphatic heterocycles. The summed E-state index contributed by atoms with van der Waals surface area (Å²) in [6.07, 6.45) is 0. The zero-order valence-corrected chi connectivity index (χ0v) is 20.8. The highest BCUT2D eigenvalue weighted by atomic mass is 35.5. The van der Waals surface area contributed by atoms with Crippen molar-refractivity contribution in [3.8, 4) is 10.6 Å². The number of rotatable bonds is 6. The summed E-state index contributed by atoms with van der Waals surface area (Å²) in [5.74, 6) is -0.0814. The van der Waals surface area contributed by atoms with Gasteiger partial charge in [-0.3, -0.25) is 9.69 Å². The zero-order valence-electron chi connectivity index (χ0n) is 18.4. The van der Waals surface area contributed by atoms with Crippen LogP contribution in [0, 0.1) is 0 Å². The van der Waals surface area contributed by atoms with Gasteiger partial charge in [-0.25, -0.2) is 17.7 Å². The molecule has 1 aromatic heterocycles. The highest BCUT2D eigenvalue weighted by Gasteiger charge is 2.24. The van der Waals surface area contributed by atoms with E-state index in [9.17, 15) is 13.2 Å². The molecular formula is C23H25ClN4O3S2. The Bertz CT molecular complexity index is 1220. The molecule has 1 saturated heterocycles. The molecule has 1 fully saturated rings. The lowest BCUT2D eigenvalue weighted by atomic mass is 10.2. The van der Waals surface area contributed by atoms with Gasteiger partial charge < -0.3 is 4.90 Å². The number of hydrogen-bond donors (Lipinski definition) is 0. The second-order valence-corrected chi connectivity index (χ2v) is 11.5. The summed E-state index contributed by atoms with van der Waals surface area (Å²) in [7, 11) is -0.540. The van der Waals surface area contributed by atoms with Crippen molar-refractivity contribution in [2.45, 2.75) is 11.4 Å². The molecule has 1 aliphatic rings. The number of sulfonamides is 1. The first-order valence-electron chi connectivity index (χ1n) is 10.5. The molecule has 0 saturated carbocycles. The van der Waals surface area contributed by atoms with E-state index in [4.69, 9.17) is 16.6 Å². The number of amides is 1. The Kier molecular flexibility index (Phi) is 7.16. The minimum absolute atomic E-state index is 0.0814. The van der Waals surface area contributed by atoms with Crippen molar-refractivity contribution >= 4 is 38.9 Å². The summed E-state index contributed by atoms with van der Waals surface area (Å²) in [6, 6.07) is 13.8. The Morgan fingerprint density at radius 2 is 1.67 bits per heavy atom. The number of halogens is 1. The first kappa shape index (κ1) is 23.8. The van der Waals surface area contributed by atoms with Gasteiger partial charge in [-0.1, -0.05) is 23.7 Å². The zero-order chi connectivity index (χ0) is 23.6. The monoisotopic (exact) mass is 504 g/mol. The van der Waals surface area contributed by atoms with Gasteiger partial charge in [0.2, 0.25) is 10.0 Å². The molecule has 0 N–H and O–H groups in total. The van der Waals surface area contributed by atoms with Crippen LogP contribution < -0.4 is 0 Å². The molecule has 10 heteroatoms. The molecule has 3 aromatic rings. The van der Waals surface area contributed by atoms with E-state index in [1.807, 2.05) is 29.2 Å². The van der Waals surface area contributed by atoms with Gasteiger partial charge in [-0.15, -0.1) is 11.3 Å². The molecular weight excluding hydrogens is 480 g/mol. The molecule has 0 bridgehead atoms. The summed E-state index contributed by atoms with van der Waals surface area (Å²) in [5, 5.41) is 3.75. The number of nitrogens with zero attached hydrogens (tertiary/aromatic N) is 4. The SMILES string of the molecule is CN(C)S(=O)(=O)c1ccc(C(=O)N2CCN(Cc3csc(-c4ccc(Cl)cc4)n3)CC2)cc1. The topological polar surface area (TPSA) is 73.8 Å². The highest BCUT2D eigenvalue weighted by Crippen LogP contribution is 2.26. The van der Waals surface area contributed by atoms with E-state index in [-0.39, 0.29) is 10.8 Å². The Morgan fingerprint density at radius 1 is 1.03 bits per heavy atom. The van der Waals surface area contributed by atoms with Crippen LogP contribution >= 0.6 is 22.9 Å². The molecule has 2 heterocycles. The Labute approximate surface area is 203 Å². The second-order valence-electron chi connectivity index (χ2n) is 8.03. The molecule has 0 atom stereocenters. The van der Waals surface area contributed by atoms with E-state index in [1.54, 1.807) is 23.5 Å². The molecule has 2 aromatic carbocycles. The predicted octanol–water partition coefficient (Wildman–Crippen LogP) is 3.67. The number of thiazole rings is 1.